The summed E-state index contributed by atoms with van der Waals surface area (Å²) in [6.45, 7) is 4.28. The Balaban J connectivity index is 1.41. The molecule has 1 aromatic carbocycles. The second kappa shape index (κ2) is 10.3. The maximum Gasteiger partial charge on any atom is 0.343 e. The number of nitrogens with zero attached hydrogens (tertiary/aromatic N) is 3. The molecule has 0 aliphatic carbocycles. The molecule has 0 bridgehead atoms. The number of carbonyl (C=O) groups excluding carboxylic acids is 1. The van der Waals surface area contributed by atoms with Crippen LogP contribution in [0.5, 0.6) is 5.75 Å². The lowest BCUT2D eigenvalue weighted by Gasteiger charge is -2.32. The number of rotatable bonds is 8. The Morgan fingerprint density at radius 3 is 2.37 bits per heavy atom. The number of ether oxygens (including phenoxy) is 2. The molecule has 2 aromatic rings. The number of anilines is 1. The van der Waals surface area contributed by atoms with E-state index in [-0.39, 0.29) is 5.75 Å². The minimum Gasteiger partial charge on any atom is -0.493 e. The molecule has 1 aromatic heterocycles. The second-order valence-corrected chi connectivity index (χ2v) is 7.42. The normalized spacial score (nSPS) is 14.6. The van der Waals surface area contributed by atoms with E-state index in [9.17, 15) is 13.6 Å². The molecule has 1 aliphatic rings. The van der Waals surface area contributed by atoms with Gasteiger partial charge in [-0.3, -0.25) is 0 Å². The monoisotopic (exact) mass is 419 g/mol. The van der Waals surface area contributed by atoms with Gasteiger partial charge in [0.1, 0.15) is 22.9 Å². The summed E-state index contributed by atoms with van der Waals surface area (Å²) >= 11 is 0. The summed E-state index contributed by atoms with van der Waals surface area (Å²) in [5.74, 6) is -1.59. The largest absolute Gasteiger partial charge is 0.493 e. The number of hydrogen-bond acceptors (Lipinski definition) is 6. The molecule has 1 aliphatic heterocycles. The molecule has 162 valence electrons. The fourth-order valence-electron chi connectivity index (χ4n) is 3.61. The molecule has 0 N–H and O–H groups in total. The highest BCUT2D eigenvalue weighted by molar-refractivity contribution is 5.90. The van der Waals surface area contributed by atoms with E-state index in [0.717, 1.165) is 75.9 Å². The van der Waals surface area contributed by atoms with E-state index in [2.05, 4.69) is 26.5 Å². The molecule has 2 heterocycles. The van der Waals surface area contributed by atoms with E-state index in [1.807, 2.05) is 12.4 Å². The molecule has 0 unspecified atom stereocenters. The van der Waals surface area contributed by atoms with Crippen LogP contribution in [-0.4, -0.2) is 42.7 Å². The number of esters is 1. The molecular formula is C22H27F2N3O3. The summed E-state index contributed by atoms with van der Waals surface area (Å²) in [4.78, 5) is 22.5. The highest BCUT2D eigenvalue weighted by Gasteiger charge is 2.22. The molecule has 8 heteroatoms. The van der Waals surface area contributed by atoms with Crippen molar-refractivity contribution < 1.29 is 23.0 Å². The highest BCUT2D eigenvalue weighted by atomic mass is 19.1. The number of aromatic nitrogens is 2. The van der Waals surface area contributed by atoms with E-state index in [4.69, 9.17) is 4.74 Å². The SMILES string of the molecule is CCc1cnc(N2CCC(CCCOc3cc(F)c(C(=O)OC)c(F)c3)CC2)nc1. The van der Waals surface area contributed by atoms with Crippen molar-refractivity contribution in [1.29, 1.82) is 0 Å². The quantitative estimate of drug-likeness (QED) is 0.473. The molecule has 30 heavy (non-hydrogen) atoms. The third-order valence-electron chi connectivity index (χ3n) is 5.43. The Kier molecular flexibility index (Phi) is 7.54. The first kappa shape index (κ1) is 21.9. The lowest BCUT2D eigenvalue weighted by Crippen LogP contribution is -2.35. The van der Waals surface area contributed by atoms with Crippen molar-refractivity contribution in [3.63, 3.8) is 0 Å². The number of halogens is 2. The van der Waals surface area contributed by atoms with E-state index in [0.29, 0.717) is 12.5 Å². The van der Waals surface area contributed by atoms with Crippen LogP contribution in [0, 0.1) is 17.6 Å². The molecule has 6 nitrogen and oxygen atoms in total. The van der Waals surface area contributed by atoms with Gasteiger partial charge in [0, 0.05) is 37.6 Å². The minimum atomic E-state index is -1.05. The number of hydrogen-bond donors (Lipinski definition) is 0. The molecule has 3 rings (SSSR count). The van der Waals surface area contributed by atoms with Crippen molar-refractivity contribution >= 4 is 11.9 Å². The zero-order valence-electron chi connectivity index (χ0n) is 17.4. The lowest BCUT2D eigenvalue weighted by molar-refractivity contribution is 0.0589. The summed E-state index contributed by atoms with van der Waals surface area (Å²) in [5, 5.41) is 0. The van der Waals surface area contributed by atoms with Gasteiger partial charge in [-0.25, -0.2) is 23.5 Å². The van der Waals surface area contributed by atoms with Crippen LogP contribution in [0.4, 0.5) is 14.7 Å². The Labute approximate surface area is 175 Å². The van der Waals surface area contributed by atoms with Crippen LogP contribution in [0.2, 0.25) is 0 Å². The Bertz CT molecular complexity index is 830. The lowest BCUT2D eigenvalue weighted by atomic mass is 9.92. The third kappa shape index (κ3) is 5.43. The zero-order chi connectivity index (χ0) is 21.5. The minimum absolute atomic E-state index is 0.0696. The fourth-order valence-corrected chi connectivity index (χ4v) is 3.61. The number of benzene rings is 1. The van der Waals surface area contributed by atoms with Gasteiger partial charge in [0.25, 0.3) is 0 Å². The van der Waals surface area contributed by atoms with Crippen LogP contribution >= 0.6 is 0 Å². The first-order chi connectivity index (χ1) is 14.5. The molecule has 0 amide bonds. The van der Waals surface area contributed by atoms with Crippen molar-refractivity contribution in [2.24, 2.45) is 5.92 Å². The first-order valence-corrected chi connectivity index (χ1v) is 10.3. The van der Waals surface area contributed by atoms with Gasteiger partial charge in [-0.15, -0.1) is 0 Å². The van der Waals surface area contributed by atoms with Gasteiger partial charge in [-0.05, 0) is 43.6 Å². The average Bonchev–Trinajstić information content (AvgIpc) is 2.76. The topological polar surface area (TPSA) is 64.6 Å². The number of methoxy groups -OCH3 is 1. The summed E-state index contributed by atoms with van der Waals surface area (Å²) in [6, 6.07) is 2.02. The van der Waals surface area contributed by atoms with Crippen LogP contribution in [0.15, 0.2) is 24.5 Å². The van der Waals surface area contributed by atoms with Crippen LogP contribution in [0.3, 0.4) is 0 Å². The third-order valence-corrected chi connectivity index (χ3v) is 5.43. The van der Waals surface area contributed by atoms with E-state index >= 15 is 0 Å². The number of carbonyl (C=O) groups is 1. The van der Waals surface area contributed by atoms with Gasteiger partial charge >= 0.3 is 5.97 Å². The standard InChI is InChI=1S/C22H27F2N3O3/c1-3-15-13-25-22(26-14-15)27-8-6-16(7-9-27)5-4-10-30-17-11-18(23)20(19(24)12-17)21(28)29-2/h11-14,16H,3-10H2,1-2H3. The van der Waals surface area contributed by atoms with Gasteiger partial charge in [0.2, 0.25) is 5.95 Å². The maximum absolute atomic E-state index is 13.9. The van der Waals surface area contributed by atoms with Crippen molar-refractivity contribution in [2.75, 3.05) is 31.7 Å². The molecule has 0 saturated carbocycles. The summed E-state index contributed by atoms with van der Waals surface area (Å²) in [7, 11) is 1.07. The van der Waals surface area contributed by atoms with Crippen LogP contribution in [0.25, 0.3) is 0 Å². The van der Waals surface area contributed by atoms with Crippen molar-refractivity contribution in [3.8, 4) is 5.75 Å². The van der Waals surface area contributed by atoms with E-state index in [1.54, 1.807) is 0 Å². The molecule has 1 fully saturated rings. The molecule has 0 atom stereocenters. The van der Waals surface area contributed by atoms with Gasteiger partial charge in [-0.1, -0.05) is 6.92 Å². The van der Waals surface area contributed by atoms with Crippen molar-refractivity contribution in [2.45, 2.75) is 39.0 Å². The number of aryl methyl sites for hydroxylation is 1. The van der Waals surface area contributed by atoms with Gasteiger partial charge in [0.05, 0.1) is 13.7 Å². The summed E-state index contributed by atoms with van der Waals surface area (Å²) < 4.78 is 37.7. The molecule has 1 saturated heterocycles. The van der Waals surface area contributed by atoms with Gasteiger partial charge in [0.15, 0.2) is 0 Å². The van der Waals surface area contributed by atoms with E-state index < -0.39 is 23.2 Å². The fraction of sp³-hybridized carbons (Fsp3) is 0.500. The van der Waals surface area contributed by atoms with Crippen LogP contribution in [0.1, 0.15) is 48.5 Å². The van der Waals surface area contributed by atoms with Gasteiger partial charge < -0.3 is 14.4 Å². The zero-order valence-corrected chi connectivity index (χ0v) is 17.4. The second-order valence-electron chi connectivity index (χ2n) is 7.42. The van der Waals surface area contributed by atoms with Crippen LogP contribution < -0.4 is 9.64 Å². The average molecular weight is 419 g/mol. The molecular weight excluding hydrogens is 392 g/mol. The molecule has 0 radical (unpaired) electrons. The Morgan fingerprint density at radius 2 is 1.80 bits per heavy atom. The predicted molar refractivity (Wildman–Crippen MR) is 109 cm³/mol. The predicted octanol–water partition coefficient (Wildman–Crippen LogP) is 4.18. The Hall–Kier alpha value is -2.77. The summed E-state index contributed by atoms with van der Waals surface area (Å²) in [5.41, 5.74) is 0.429. The number of piperidine rings is 1. The summed E-state index contributed by atoms with van der Waals surface area (Å²) in [6.07, 6.45) is 8.57. The van der Waals surface area contributed by atoms with Crippen molar-refractivity contribution in [1.82, 2.24) is 9.97 Å². The maximum atomic E-state index is 13.9. The first-order valence-electron chi connectivity index (χ1n) is 10.3. The molecule has 0 spiro atoms. The Morgan fingerprint density at radius 1 is 1.17 bits per heavy atom. The van der Waals surface area contributed by atoms with Crippen molar-refractivity contribution in [3.05, 3.63) is 47.3 Å². The smallest absolute Gasteiger partial charge is 0.343 e. The van der Waals surface area contributed by atoms with E-state index in [1.165, 1.54) is 0 Å². The highest BCUT2D eigenvalue weighted by Crippen LogP contribution is 2.25. The van der Waals surface area contributed by atoms with Crippen LogP contribution in [-0.2, 0) is 11.2 Å². The van der Waals surface area contributed by atoms with Gasteiger partial charge in [-0.2, -0.15) is 0 Å².